The Kier molecular flexibility index (Phi) is 6.38. The molecule has 0 bridgehead atoms. The summed E-state index contributed by atoms with van der Waals surface area (Å²) in [7, 11) is 1.89. The van der Waals surface area contributed by atoms with Gasteiger partial charge in [-0.2, -0.15) is 5.10 Å². The van der Waals surface area contributed by atoms with Gasteiger partial charge in [-0.25, -0.2) is 0 Å². The Morgan fingerprint density at radius 2 is 2.06 bits per heavy atom. The third-order valence-corrected chi connectivity index (χ3v) is 7.00. The van der Waals surface area contributed by atoms with Crippen molar-refractivity contribution >= 4 is 22.4 Å². The smallest absolute Gasteiger partial charge is 0.219 e. The number of nitrogens with one attached hydrogen (secondary N) is 2. The van der Waals surface area contributed by atoms with Crippen molar-refractivity contribution in [2.75, 3.05) is 26.3 Å². The summed E-state index contributed by atoms with van der Waals surface area (Å²) in [6, 6.07) is 8.46. The maximum Gasteiger partial charge on any atom is 0.219 e. The van der Waals surface area contributed by atoms with E-state index in [1.165, 1.54) is 0 Å². The third kappa shape index (κ3) is 4.71. The number of amides is 1. The predicted octanol–water partition coefficient (Wildman–Crippen LogP) is 3.59. The summed E-state index contributed by atoms with van der Waals surface area (Å²) >= 11 is 0. The molecular weight excluding hydrogens is 440 g/mol. The van der Waals surface area contributed by atoms with Gasteiger partial charge in [0.2, 0.25) is 5.91 Å². The van der Waals surface area contributed by atoms with Crippen LogP contribution in [0.25, 0.3) is 22.0 Å². The summed E-state index contributed by atoms with van der Waals surface area (Å²) in [4.78, 5) is 18.9. The normalized spacial score (nSPS) is 17.2. The maximum absolute atomic E-state index is 12.2. The largest absolute Gasteiger partial charge is 0.385 e. The molecule has 182 valence electrons. The summed E-state index contributed by atoms with van der Waals surface area (Å²) in [5.74, 6) is 0.0392. The first-order chi connectivity index (χ1) is 16.9. The number of benzene rings is 1. The molecule has 35 heavy (non-hydrogen) atoms. The molecule has 0 saturated carbocycles. The topological polar surface area (TPSA) is 96.1 Å². The molecule has 2 N–H and O–H groups in total. The quantitative estimate of drug-likeness (QED) is 0.554. The molecule has 1 fully saturated rings. The van der Waals surface area contributed by atoms with Gasteiger partial charge in [0.05, 0.1) is 17.6 Å². The van der Waals surface area contributed by atoms with Crippen molar-refractivity contribution in [1.29, 1.82) is 5.41 Å². The van der Waals surface area contributed by atoms with Crippen molar-refractivity contribution in [1.82, 2.24) is 25.0 Å². The fraction of sp³-hybridized carbons (Fsp3) is 0.407. The van der Waals surface area contributed by atoms with Crippen LogP contribution >= 0.6 is 0 Å². The van der Waals surface area contributed by atoms with Crippen LogP contribution in [0.15, 0.2) is 47.9 Å². The van der Waals surface area contributed by atoms with E-state index in [0.717, 1.165) is 77.0 Å². The molecule has 1 amide bonds. The fourth-order valence-corrected chi connectivity index (χ4v) is 5.09. The van der Waals surface area contributed by atoms with Crippen LogP contribution in [-0.2, 0) is 16.6 Å². The first-order valence-corrected chi connectivity index (χ1v) is 12.2. The lowest BCUT2D eigenvalue weighted by Gasteiger charge is -2.34. The van der Waals surface area contributed by atoms with Crippen molar-refractivity contribution in [3.8, 4) is 11.3 Å². The number of hydrogen-bond acceptors (Lipinski definition) is 6. The number of nitrogens with zero attached hydrogens (tertiary/aromatic N) is 4. The monoisotopic (exact) mass is 472 g/mol. The molecule has 0 aliphatic carbocycles. The minimum atomic E-state index is 0.0392. The fourth-order valence-electron chi connectivity index (χ4n) is 5.09. The molecule has 0 atom stereocenters. The molecule has 0 unspecified atom stereocenters. The standard InChI is InChI=1S/C27H32N6O2/c1-17-26-19(13-25(30-17)20-14-29-32(3)15-20)5-4-6-22(26)27(28)23-16-33(18(2)34)10-7-24(23)31-21-8-11-35-12-9-21/h4-6,13-15,21,28,31H,7-12,16H2,1-3H3. The van der Waals surface area contributed by atoms with Gasteiger partial charge in [-0.15, -0.1) is 0 Å². The molecule has 0 radical (unpaired) electrons. The second-order valence-corrected chi connectivity index (χ2v) is 9.45. The highest BCUT2D eigenvalue weighted by atomic mass is 16.5. The van der Waals surface area contributed by atoms with E-state index in [1.54, 1.807) is 11.6 Å². The summed E-state index contributed by atoms with van der Waals surface area (Å²) in [5, 5.41) is 19.3. The van der Waals surface area contributed by atoms with Gasteiger partial charge in [0.1, 0.15) is 0 Å². The predicted molar refractivity (Wildman–Crippen MR) is 136 cm³/mol. The molecule has 2 aliphatic rings. The van der Waals surface area contributed by atoms with E-state index in [9.17, 15) is 10.2 Å². The van der Waals surface area contributed by atoms with E-state index in [2.05, 4.69) is 22.5 Å². The van der Waals surface area contributed by atoms with Crippen molar-refractivity contribution in [2.45, 2.75) is 39.2 Å². The molecule has 3 aromatic rings. The molecular formula is C27H32N6O2. The van der Waals surface area contributed by atoms with Crippen LogP contribution in [0.4, 0.5) is 0 Å². The molecule has 2 aliphatic heterocycles. The second kappa shape index (κ2) is 9.62. The van der Waals surface area contributed by atoms with Crippen LogP contribution in [0, 0.1) is 12.3 Å². The first kappa shape index (κ1) is 23.2. The van der Waals surface area contributed by atoms with E-state index < -0.39 is 0 Å². The van der Waals surface area contributed by atoms with Gasteiger partial charge in [-0.3, -0.25) is 19.9 Å². The van der Waals surface area contributed by atoms with Crippen LogP contribution in [-0.4, -0.2) is 63.6 Å². The average Bonchev–Trinajstić information content (AvgIpc) is 3.30. The Labute approximate surface area is 205 Å². The molecule has 0 spiro atoms. The van der Waals surface area contributed by atoms with E-state index in [-0.39, 0.29) is 5.91 Å². The summed E-state index contributed by atoms with van der Waals surface area (Å²) in [6.45, 7) is 6.22. The number of carbonyl (C=O) groups is 1. The number of rotatable bonds is 5. The number of ether oxygens (including phenoxy) is 1. The van der Waals surface area contributed by atoms with E-state index in [0.29, 0.717) is 24.8 Å². The number of aryl methyl sites for hydroxylation is 2. The van der Waals surface area contributed by atoms with Crippen LogP contribution in [0.2, 0.25) is 0 Å². The zero-order valence-electron chi connectivity index (χ0n) is 20.6. The number of aromatic nitrogens is 3. The van der Waals surface area contributed by atoms with Crippen molar-refractivity contribution in [3.05, 3.63) is 59.2 Å². The Bertz CT molecular complexity index is 1320. The molecule has 1 aromatic carbocycles. The molecule has 1 saturated heterocycles. The molecule has 8 heteroatoms. The van der Waals surface area contributed by atoms with E-state index in [4.69, 9.17) is 9.72 Å². The maximum atomic E-state index is 12.2. The molecule has 8 nitrogen and oxygen atoms in total. The minimum absolute atomic E-state index is 0.0392. The van der Waals surface area contributed by atoms with Gasteiger partial charge < -0.3 is 15.0 Å². The lowest BCUT2D eigenvalue weighted by molar-refractivity contribution is -0.128. The van der Waals surface area contributed by atoms with Crippen LogP contribution < -0.4 is 5.32 Å². The van der Waals surface area contributed by atoms with E-state index in [1.807, 2.05) is 43.4 Å². The lowest BCUT2D eigenvalue weighted by Crippen LogP contribution is -2.43. The van der Waals surface area contributed by atoms with Gasteiger partial charge in [0, 0.05) is 92.4 Å². The van der Waals surface area contributed by atoms with Gasteiger partial charge in [0.15, 0.2) is 0 Å². The van der Waals surface area contributed by atoms with Gasteiger partial charge >= 0.3 is 0 Å². The Morgan fingerprint density at radius 1 is 1.26 bits per heavy atom. The Balaban J connectivity index is 1.56. The molecule has 4 heterocycles. The zero-order valence-corrected chi connectivity index (χ0v) is 20.6. The van der Waals surface area contributed by atoms with Gasteiger partial charge in [0.25, 0.3) is 0 Å². The average molecular weight is 473 g/mol. The lowest BCUT2D eigenvalue weighted by atomic mass is 9.91. The Morgan fingerprint density at radius 3 is 2.77 bits per heavy atom. The summed E-state index contributed by atoms with van der Waals surface area (Å²) in [5.41, 5.74) is 5.98. The Hall–Kier alpha value is -3.52. The van der Waals surface area contributed by atoms with Crippen LogP contribution in [0.5, 0.6) is 0 Å². The van der Waals surface area contributed by atoms with Gasteiger partial charge in [-0.1, -0.05) is 18.2 Å². The van der Waals surface area contributed by atoms with E-state index >= 15 is 0 Å². The molecule has 2 aromatic heterocycles. The zero-order chi connectivity index (χ0) is 24.5. The highest BCUT2D eigenvalue weighted by Crippen LogP contribution is 2.30. The summed E-state index contributed by atoms with van der Waals surface area (Å²) in [6.07, 6.45) is 6.40. The highest BCUT2D eigenvalue weighted by molar-refractivity contribution is 6.19. The number of hydrogen-bond donors (Lipinski definition) is 2. The van der Waals surface area contributed by atoms with Crippen LogP contribution in [0.3, 0.4) is 0 Å². The first-order valence-electron chi connectivity index (χ1n) is 12.2. The minimum Gasteiger partial charge on any atom is -0.385 e. The number of fused-ring (bicyclic) bond motifs is 1. The van der Waals surface area contributed by atoms with Crippen molar-refractivity contribution in [3.63, 3.8) is 0 Å². The SMILES string of the molecule is CC(=O)N1CCC(NC2CCOCC2)=C(C(=N)c2cccc3cc(-c4cnn(C)c4)nc(C)c23)C1. The van der Waals surface area contributed by atoms with Crippen molar-refractivity contribution < 1.29 is 9.53 Å². The second-order valence-electron chi connectivity index (χ2n) is 9.45. The molecule has 5 rings (SSSR count). The third-order valence-electron chi connectivity index (χ3n) is 7.00. The number of carbonyl (C=O) groups excluding carboxylic acids is 1. The van der Waals surface area contributed by atoms with Crippen molar-refractivity contribution in [2.24, 2.45) is 7.05 Å². The summed E-state index contributed by atoms with van der Waals surface area (Å²) < 4.78 is 7.29. The van der Waals surface area contributed by atoms with Crippen LogP contribution in [0.1, 0.15) is 37.4 Å². The van der Waals surface area contributed by atoms with Gasteiger partial charge in [-0.05, 0) is 31.2 Å². The number of pyridine rings is 1. The highest BCUT2D eigenvalue weighted by Gasteiger charge is 2.27.